The van der Waals surface area contributed by atoms with Gasteiger partial charge in [-0.15, -0.1) is 0 Å². The maximum atomic E-state index is 11.3. The first-order valence-electron chi connectivity index (χ1n) is 5.57. The molecule has 18 heavy (non-hydrogen) atoms. The SMILES string of the molecule is Cc1ccc(Oc2ncc(C)cc2C(N)=O)cc1. The second-order valence-electron chi connectivity index (χ2n) is 4.14. The van der Waals surface area contributed by atoms with Crippen molar-refractivity contribution in [2.45, 2.75) is 13.8 Å². The first kappa shape index (κ1) is 12.1. The van der Waals surface area contributed by atoms with E-state index < -0.39 is 5.91 Å². The van der Waals surface area contributed by atoms with Gasteiger partial charge in [0.05, 0.1) is 0 Å². The minimum Gasteiger partial charge on any atom is -0.438 e. The summed E-state index contributed by atoms with van der Waals surface area (Å²) in [5.41, 5.74) is 7.58. The van der Waals surface area contributed by atoms with Crippen molar-refractivity contribution >= 4 is 5.91 Å². The highest BCUT2D eigenvalue weighted by Gasteiger charge is 2.12. The van der Waals surface area contributed by atoms with Crippen LogP contribution < -0.4 is 10.5 Å². The topological polar surface area (TPSA) is 65.2 Å². The quantitative estimate of drug-likeness (QED) is 0.899. The monoisotopic (exact) mass is 242 g/mol. The maximum absolute atomic E-state index is 11.3. The maximum Gasteiger partial charge on any atom is 0.254 e. The number of nitrogens with zero attached hydrogens (tertiary/aromatic N) is 1. The minimum absolute atomic E-state index is 0.233. The average molecular weight is 242 g/mol. The van der Waals surface area contributed by atoms with E-state index in [-0.39, 0.29) is 11.4 Å². The molecule has 0 radical (unpaired) electrons. The van der Waals surface area contributed by atoms with Crippen molar-refractivity contribution < 1.29 is 9.53 Å². The Morgan fingerprint density at radius 1 is 1.17 bits per heavy atom. The minimum atomic E-state index is -0.548. The van der Waals surface area contributed by atoms with Gasteiger partial charge in [-0.05, 0) is 37.6 Å². The van der Waals surface area contributed by atoms with Gasteiger partial charge in [0.15, 0.2) is 0 Å². The van der Waals surface area contributed by atoms with Gasteiger partial charge in [-0.3, -0.25) is 4.79 Å². The van der Waals surface area contributed by atoms with Crippen molar-refractivity contribution in [2.24, 2.45) is 5.73 Å². The van der Waals surface area contributed by atoms with Crippen molar-refractivity contribution in [3.05, 3.63) is 53.2 Å². The summed E-state index contributed by atoms with van der Waals surface area (Å²) in [6, 6.07) is 9.16. The van der Waals surface area contributed by atoms with Gasteiger partial charge in [0.2, 0.25) is 5.88 Å². The highest BCUT2D eigenvalue weighted by Crippen LogP contribution is 2.23. The van der Waals surface area contributed by atoms with E-state index in [4.69, 9.17) is 10.5 Å². The summed E-state index contributed by atoms with van der Waals surface area (Å²) < 4.78 is 5.57. The molecule has 0 saturated carbocycles. The van der Waals surface area contributed by atoms with Crippen LogP contribution in [0.3, 0.4) is 0 Å². The first-order valence-corrected chi connectivity index (χ1v) is 5.57. The summed E-state index contributed by atoms with van der Waals surface area (Å²) in [4.78, 5) is 15.4. The molecule has 4 heteroatoms. The van der Waals surface area contributed by atoms with Gasteiger partial charge in [0, 0.05) is 6.20 Å². The second-order valence-corrected chi connectivity index (χ2v) is 4.14. The number of carbonyl (C=O) groups excluding carboxylic acids is 1. The van der Waals surface area contributed by atoms with E-state index in [1.807, 2.05) is 38.1 Å². The molecule has 2 rings (SSSR count). The van der Waals surface area contributed by atoms with Gasteiger partial charge in [0.1, 0.15) is 11.3 Å². The Labute approximate surface area is 105 Å². The number of nitrogens with two attached hydrogens (primary N) is 1. The molecule has 0 spiro atoms. The summed E-state index contributed by atoms with van der Waals surface area (Å²) in [5.74, 6) is 0.310. The van der Waals surface area contributed by atoms with Gasteiger partial charge in [-0.2, -0.15) is 0 Å². The number of primary amides is 1. The normalized spacial score (nSPS) is 10.1. The third-order valence-electron chi connectivity index (χ3n) is 2.49. The third-order valence-corrected chi connectivity index (χ3v) is 2.49. The molecule has 92 valence electrons. The number of hydrogen-bond acceptors (Lipinski definition) is 3. The molecule has 1 heterocycles. The average Bonchev–Trinajstić information content (AvgIpc) is 2.34. The fraction of sp³-hybridized carbons (Fsp3) is 0.143. The van der Waals surface area contributed by atoms with E-state index >= 15 is 0 Å². The molecule has 1 aromatic heterocycles. The predicted octanol–water partition coefficient (Wildman–Crippen LogP) is 2.59. The van der Waals surface area contributed by atoms with Crippen molar-refractivity contribution in [2.75, 3.05) is 0 Å². The summed E-state index contributed by atoms with van der Waals surface area (Å²) in [5, 5.41) is 0. The Morgan fingerprint density at radius 2 is 1.83 bits per heavy atom. The molecule has 0 bridgehead atoms. The van der Waals surface area contributed by atoms with Gasteiger partial charge in [0.25, 0.3) is 5.91 Å². The van der Waals surface area contributed by atoms with Crippen LogP contribution in [0.4, 0.5) is 0 Å². The van der Waals surface area contributed by atoms with Crippen molar-refractivity contribution in [1.82, 2.24) is 4.98 Å². The van der Waals surface area contributed by atoms with E-state index in [1.54, 1.807) is 12.3 Å². The molecule has 0 unspecified atom stereocenters. The van der Waals surface area contributed by atoms with Crippen molar-refractivity contribution in [3.63, 3.8) is 0 Å². The zero-order valence-electron chi connectivity index (χ0n) is 10.3. The summed E-state index contributed by atoms with van der Waals surface area (Å²) in [7, 11) is 0. The number of rotatable bonds is 3. The van der Waals surface area contributed by atoms with Crippen LogP contribution in [0.1, 0.15) is 21.5 Å². The van der Waals surface area contributed by atoms with Gasteiger partial charge < -0.3 is 10.5 Å². The molecular formula is C14H14N2O2. The van der Waals surface area contributed by atoms with E-state index in [0.717, 1.165) is 11.1 Å². The molecule has 0 aliphatic heterocycles. The van der Waals surface area contributed by atoms with Gasteiger partial charge >= 0.3 is 0 Å². The van der Waals surface area contributed by atoms with Gasteiger partial charge in [-0.1, -0.05) is 17.7 Å². The molecule has 0 atom stereocenters. The van der Waals surface area contributed by atoms with E-state index in [1.165, 1.54) is 0 Å². The van der Waals surface area contributed by atoms with Crippen LogP contribution in [0.2, 0.25) is 0 Å². The molecule has 0 saturated heterocycles. The summed E-state index contributed by atoms with van der Waals surface area (Å²) in [6.07, 6.45) is 1.63. The van der Waals surface area contributed by atoms with Crippen LogP contribution in [-0.4, -0.2) is 10.9 Å². The molecule has 2 N–H and O–H groups in total. The zero-order chi connectivity index (χ0) is 13.1. The fourth-order valence-corrected chi connectivity index (χ4v) is 1.53. The van der Waals surface area contributed by atoms with E-state index in [0.29, 0.717) is 5.75 Å². The first-order chi connectivity index (χ1) is 8.56. The Morgan fingerprint density at radius 3 is 2.44 bits per heavy atom. The lowest BCUT2D eigenvalue weighted by Crippen LogP contribution is -2.13. The molecule has 1 aromatic carbocycles. The van der Waals surface area contributed by atoms with Crippen LogP contribution in [0.5, 0.6) is 11.6 Å². The smallest absolute Gasteiger partial charge is 0.254 e. The number of hydrogen-bond donors (Lipinski definition) is 1. The van der Waals surface area contributed by atoms with Crippen molar-refractivity contribution in [3.8, 4) is 11.6 Å². The van der Waals surface area contributed by atoms with Crippen LogP contribution in [0.15, 0.2) is 36.5 Å². The number of aromatic nitrogens is 1. The Bertz CT molecular complexity index is 577. The van der Waals surface area contributed by atoms with Crippen molar-refractivity contribution in [1.29, 1.82) is 0 Å². The molecule has 4 nitrogen and oxygen atoms in total. The summed E-state index contributed by atoms with van der Waals surface area (Å²) in [6.45, 7) is 3.83. The van der Waals surface area contributed by atoms with Crippen LogP contribution in [-0.2, 0) is 0 Å². The largest absolute Gasteiger partial charge is 0.438 e. The van der Waals surface area contributed by atoms with Crippen LogP contribution in [0, 0.1) is 13.8 Å². The molecular weight excluding hydrogens is 228 g/mol. The second kappa shape index (κ2) is 4.87. The molecule has 0 aliphatic rings. The standard InChI is InChI=1S/C14H14N2O2/c1-9-3-5-11(6-4-9)18-14-12(13(15)17)7-10(2)8-16-14/h3-8H,1-2H3,(H2,15,17). The Kier molecular flexibility index (Phi) is 3.28. The highest BCUT2D eigenvalue weighted by atomic mass is 16.5. The molecule has 2 aromatic rings. The van der Waals surface area contributed by atoms with Crippen LogP contribution >= 0.6 is 0 Å². The third kappa shape index (κ3) is 2.66. The lowest BCUT2D eigenvalue weighted by atomic mass is 10.2. The number of benzene rings is 1. The molecule has 1 amide bonds. The molecule has 0 fully saturated rings. The number of aryl methyl sites for hydroxylation is 2. The summed E-state index contributed by atoms with van der Waals surface area (Å²) >= 11 is 0. The number of carbonyl (C=O) groups is 1. The Balaban J connectivity index is 2.34. The number of amides is 1. The number of ether oxygens (including phenoxy) is 1. The fourth-order valence-electron chi connectivity index (χ4n) is 1.53. The lowest BCUT2D eigenvalue weighted by Gasteiger charge is -2.08. The van der Waals surface area contributed by atoms with E-state index in [9.17, 15) is 4.79 Å². The molecule has 0 aliphatic carbocycles. The van der Waals surface area contributed by atoms with E-state index in [2.05, 4.69) is 4.98 Å². The highest BCUT2D eigenvalue weighted by molar-refractivity contribution is 5.95. The zero-order valence-corrected chi connectivity index (χ0v) is 10.3. The lowest BCUT2D eigenvalue weighted by molar-refractivity contribution is 0.0997. The predicted molar refractivity (Wildman–Crippen MR) is 68.7 cm³/mol. The number of pyridine rings is 1. The van der Waals surface area contributed by atoms with Gasteiger partial charge in [-0.25, -0.2) is 4.98 Å². The van der Waals surface area contributed by atoms with Crippen LogP contribution in [0.25, 0.3) is 0 Å². The Hall–Kier alpha value is -2.36.